The topological polar surface area (TPSA) is 173 Å². The van der Waals surface area contributed by atoms with Crippen molar-refractivity contribution in [2.45, 2.75) is 10.6 Å². The Morgan fingerprint density at radius 3 is 1.15 bits per heavy atom. The Bertz CT molecular complexity index is 2090. The first-order valence-corrected chi connectivity index (χ1v) is 19.6. The van der Waals surface area contributed by atoms with Crippen LogP contribution in [-0.4, -0.2) is 19.6 Å². The summed E-state index contributed by atoms with van der Waals surface area (Å²) in [6, 6.07) is 27.7. The van der Waals surface area contributed by atoms with Gasteiger partial charge in [-0.25, -0.2) is 0 Å². The van der Waals surface area contributed by atoms with Crippen molar-refractivity contribution in [3.63, 3.8) is 0 Å². The number of hydrogen-bond donors (Lipinski definition) is 6. The van der Waals surface area contributed by atoms with Gasteiger partial charge in [0, 0.05) is 22.5 Å². The van der Waals surface area contributed by atoms with Crippen molar-refractivity contribution < 1.29 is 37.8 Å². The summed E-state index contributed by atoms with van der Waals surface area (Å²) in [5, 5.41) is 5.20. The highest BCUT2D eigenvalue weighted by molar-refractivity contribution is 7.48. The molecule has 0 heterocycles. The molecule has 2 aliphatic rings. The molecule has 6 unspecified atom stereocenters. The summed E-state index contributed by atoms with van der Waals surface area (Å²) < 4.78 is 52.1. The van der Waals surface area contributed by atoms with Crippen LogP contribution in [0.4, 0.5) is 11.4 Å². The lowest BCUT2D eigenvalue weighted by atomic mass is 9.89. The monoisotopic (exact) mass is 692 g/mol. The van der Waals surface area contributed by atoms with E-state index in [1.165, 1.54) is 12.2 Å². The van der Waals surface area contributed by atoms with Crippen molar-refractivity contribution in [3.05, 3.63) is 130 Å². The Morgan fingerprint density at radius 2 is 0.826 bits per heavy atom. The van der Waals surface area contributed by atoms with E-state index in [9.17, 15) is 37.8 Å². The van der Waals surface area contributed by atoms with Crippen LogP contribution in [0.25, 0.3) is 33.7 Å². The van der Waals surface area contributed by atoms with Crippen LogP contribution in [0.1, 0.15) is 22.3 Å². The first-order chi connectivity index (χ1) is 22.1. The highest BCUT2D eigenvalue weighted by Gasteiger charge is 2.49. The molecular formula is C32H28N2O8P4. The summed E-state index contributed by atoms with van der Waals surface area (Å²) in [6.45, 7) is 0. The zero-order chi connectivity index (χ0) is 32.4. The Labute approximate surface area is 265 Å². The first-order valence-electron chi connectivity index (χ1n) is 14.2. The van der Waals surface area contributed by atoms with Gasteiger partial charge >= 0.3 is 0 Å². The quantitative estimate of drug-likeness (QED) is 0.0921. The first kappa shape index (κ1) is 31.1. The predicted octanol–water partition coefficient (Wildman–Crippen LogP) is 7.10. The van der Waals surface area contributed by atoms with E-state index in [2.05, 4.69) is 10.6 Å². The fourth-order valence-electron chi connectivity index (χ4n) is 6.77. The third-order valence-corrected chi connectivity index (χ3v) is 13.8. The Hall–Kier alpha value is -3.54. The van der Waals surface area contributed by atoms with Gasteiger partial charge in [-0.15, -0.1) is 0 Å². The molecule has 0 aromatic heterocycles. The van der Waals surface area contributed by atoms with Gasteiger partial charge in [-0.2, -0.15) is 0 Å². The molecule has 0 fully saturated rings. The zero-order valence-electron chi connectivity index (χ0n) is 23.8. The Morgan fingerprint density at radius 1 is 0.478 bits per heavy atom. The van der Waals surface area contributed by atoms with Gasteiger partial charge in [0.15, 0.2) is 10.6 Å². The van der Waals surface area contributed by atoms with Crippen molar-refractivity contribution >= 4 is 77.2 Å². The Kier molecular flexibility index (Phi) is 7.84. The van der Waals surface area contributed by atoms with Crippen LogP contribution in [0.3, 0.4) is 0 Å². The highest BCUT2D eigenvalue weighted by atomic mass is 31.1. The van der Waals surface area contributed by atoms with Gasteiger partial charge in [0.1, 0.15) is 0 Å². The van der Waals surface area contributed by atoms with Gasteiger partial charge in [0.05, 0.1) is 10.6 Å². The van der Waals surface area contributed by atoms with Gasteiger partial charge in [-0.3, -0.25) is 18.3 Å². The molecule has 7 rings (SSSR count). The molecule has 0 spiro atoms. The van der Waals surface area contributed by atoms with Crippen LogP contribution >= 0.6 is 32.1 Å². The van der Waals surface area contributed by atoms with Crippen LogP contribution in [-0.2, 0) is 28.8 Å². The molecule has 0 saturated carbocycles. The van der Waals surface area contributed by atoms with Gasteiger partial charge < -0.3 is 30.2 Å². The number of benzene rings is 5. The van der Waals surface area contributed by atoms with E-state index in [-0.39, 0.29) is 10.6 Å². The SMILES string of the molecule is O=[PH](O)C1=Cc2cccc3cccc(c23)C1(Nc1ccc(NC2([PH](=O)O)C([PH](=O)O)=Cc3cccc4cccc2c34)cc1)[PH](=O)O. The molecule has 6 N–H and O–H groups in total. The number of hydrogen-bond acceptors (Lipinski definition) is 6. The summed E-state index contributed by atoms with van der Waals surface area (Å²) in [6.07, 6.45) is 2.99. The summed E-state index contributed by atoms with van der Waals surface area (Å²) in [5.41, 5.74) is 2.78. The minimum atomic E-state index is -3.61. The third-order valence-electron chi connectivity index (χ3n) is 8.74. The van der Waals surface area contributed by atoms with Crippen molar-refractivity contribution in [2.24, 2.45) is 0 Å². The fourth-order valence-corrected chi connectivity index (χ4v) is 11.6. The second-order valence-electron chi connectivity index (χ2n) is 11.2. The van der Waals surface area contributed by atoms with Crippen molar-refractivity contribution in [3.8, 4) is 0 Å². The van der Waals surface area contributed by atoms with Gasteiger partial charge in [0.25, 0.3) is 0 Å². The fraction of sp³-hybridized carbons (Fsp3) is 0.0625. The molecule has 10 nitrogen and oxygen atoms in total. The predicted molar refractivity (Wildman–Crippen MR) is 186 cm³/mol. The average Bonchev–Trinajstić information content (AvgIpc) is 3.04. The Balaban J connectivity index is 1.33. The van der Waals surface area contributed by atoms with Crippen molar-refractivity contribution in [2.75, 3.05) is 10.6 Å². The van der Waals surface area contributed by atoms with Crippen molar-refractivity contribution in [1.29, 1.82) is 0 Å². The molecule has 0 saturated heterocycles. The lowest BCUT2D eigenvalue weighted by Crippen LogP contribution is -2.35. The molecule has 0 aliphatic heterocycles. The van der Waals surface area contributed by atoms with E-state index in [4.69, 9.17) is 0 Å². The molecule has 0 bridgehead atoms. The molecule has 5 aromatic rings. The minimum Gasteiger partial charge on any atom is -0.364 e. The third kappa shape index (κ3) is 4.65. The zero-order valence-corrected chi connectivity index (χ0v) is 27.8. The maximum atomic E-state index is 13.3. The summed E-state index contributed by atoms with van der Waals surface area (Å²) in [7, 11) is -14.1. The summed E-state index contributed by atoms with van der Waals surface area (Å²) in [4.78, 5) is 42.6. The van der Waals surface area contributed by atoms with Crippen LogP contribution in [0.15, 0.2) is 108 Å². The normalized spacial score (nSPS) is 22.8. The molecule has 14 heteroatoms. The second-order valence-corrected chi connectivity index (χ2v) is 16.2. The maximum Gasteiger partial charge on any atom is 0.223 e. The van der Waals surface area contributed by atoms with Gasteiger partial charge in [-0.05, 0) is 69.1 Å². The number of rotatable bonds is 8. The van der Waals surface area contributed by atoms with E-state index in [1.807, 2.05) is 36.4 Å². The van der Waals surface area contributed by atoms with E-state index in [1.54, 1.807) is 60.7 Å². The van der Waals surface area contributed by atoms with E-state index < -0.39 is 42.7 Å². The lowest BCUT2D eigenvalue weighted by molar-refractivity contribution is 0.472. The molecular weight excluding hydrogens is 664 g/mol. The number of nitrogens with one attached hydrogen (secondary N) is 2. The maximum absolute atomic E-state index is 13.3. The molecule has 5 aromatic carbocycles. The van der Waals surface area contributed by atoms with Crippen LogP contribution in [0, 0.1) is 0 Å². The van der Waals surface area contributed by atoms with Gasteiger partial charge in [0.2, 0.25) is 32.1 Å². The van der Waals surface area contributed by atoms with Crippen LogP contribution in [0.2, 0.25) is 0 Å². The largest absolute Gasteiger partial charge is 0.364 e. The molecule has 0 amide bonds. The molecule has 2 aliphatic carbocycles. The smallest absolute Gasteiger partial charge is 0.223 e. The number of anilines is 2. The standard InChI is InChI=1S/C32H28N2O8P4/c35-43(36)27-17-21-9-1-5-19-7-3-11-25(29(19)21)31(27,45(39)40)33-23-13-15-24(16-14-23)34-32(46(41)42)26-12-4-8-20-6-2-10-22(30(20)26)18-28(32)44(37)38/h1-18,33-34,43-46H,(H,35,36)(H,37,38)(H,39,40)(H,41,42). The van der Waals surface area contributed by atoms with Crippen LogP contribution in [0.5, 0.6) is 0 Å². The average molecular weight is 692 g/mol. The molecule has 0 radical (unpaired) electrons. The molecule has 46 heavy (non-hydrogen) atoms. The van der Waals surface area contributed by atoms with Crippen LogP contribution < -0.4 is 10.6 Å². The van der Waals surface area contributed by atoms with E-state index >= 15 is 0 Å². The molecule has 234 valence electrons. The summed E-state index contributed by atoms with van der Waals surface area (Å²) >= 11 is 0. The molecule has 6 atom stereocenters. The lowest BCUT2D eigenvalue weighted by Gasteiger charge is -2.39. The van der Waals surface area contributed by atoms with Crippen molar-refractivity contribution in [1.82, 2.24) is 0 Å². The second kappa shape index (κ2) is 11.6. The summed E-state index contributed by atoms with van der Waals surface area (Å²) in [5.74, 6) is 0. The minimum absolute atomic E-state index is 0.105. The van der Waals surface area contributed by atoms with E-state index in [0.29, 0.717) is 44.4 Å². The van der Waals surface area contributed by atoms with E-state index in [0.717, 1.165) is 10.8 Å². The highest BCUT2D eigenvalue weighted by Crippen LogP contribution is 2.62. The van der Waals surface area contributed by atoms with Gasteiger partial charge in [-0.1, -0.05) is 72.8 Å².